The molecule has 3 nitrogen and oxygen atoms in total. The summed E-state index contributed by atoms with van der Waals surface area (Å²) in [7, 11) is 0. The van der Waals surface area contributed by atoms with Crippen LogP contribution in [0.5, 0.6) is 0 Å². The van der Waals surface area contributed by atoms with Crippen molar-refractivity contribution in [3.8, 4) is 0 Å². The molecule has 2 rings (SSSR count). The lowest BCUT2D eigenvalue weighted by molar-refractivity contribution is 0.0302. The lowest BCUT2D eigenvalue weighted by Crippen LogP contribution is -2.24. The predicted molar refractivity (Wildman–Crippen MR) is 63.2 cm³/mol. The van der Waals surface area contributed by atoms with Gasteiger partial charge in [-0.05, 0) is 18.9 Å². The summed E-state index contributed by atoms with van der Waals surface area (Å²) < 4.78 is 10.8. The van der Waals surface area contributed by atoms with Gasteiger partial charge >= 0.3 is 0 Å². The predicted octanol–water partition coefficient (Wildman–Crippen LogP) is 2.72. The van der Waals surface area contributed by atoms with Crippen LogP contribution in [-0.2, 0) is 11.3 Å². The fraction of sp³-hybridized carbons (Fsp3) is 0.692. The molecule has 0 saturated heterocycles. The molecule has 1 N–H and O–H groups in total. The third kappa shape index (κ3) is 3.99. The molecule has 0 amide bonds. The fourth-order valence-corrected chi connectivity index (χ4v) is 2.16. The zero-order valence-electron chi connectivity index (χ0n) is 9.78. The summed E-state index contributed by atoms with van der Waals surface area (Å²) in [6, 6.07) is 1.98. The van der Waals surface area contributed by atoms with Crippen LogP contribution in [0.2, 0.25) is 0 Å². The third-order valence-corrected chi connectivity index (χ3v) is 3.09. The van der Waals surface area contributed by atoms with Crippen molar-refractivity contribution in [2.45, 2.75) is 44.8 Å². The molecule has 3 heteroatoms. The summed E-state index contributed by atoms with van der Waals surface area (Å²) in [4.78, 5) is 0. The Morgan fingerprint density at radius 2 is 2.19 bits per heavy atom. The van der Waals surface area contributed by atoms with Crippen molar-refractivity contribution in [1.82, 2.24) is 5.32 Å². The Kier molecular flexibility index (Phi) is 4.90. The minimum atomic E-state index is 0.518. The molecule has 0 aromatic carbocycles. The Morgan fingerprint density at radius 1 is 1.31 bits per heavy atom. The second-order valence-corrected chi connectivity index (χ2v) is 4.44. The molecule has 0 bridgehead atoms. The first-order valence-corrected chi connectivity index (χ1v) is 6.28. The zero-order valence-corrected chi connectivity index (χ0v) is 9.78. The van der Waals surface area contributed by atoms with Gasteiger partial charge in [-0.15, -0.1) is 0 Å². The minimum Gasteiger partial charge on any atom is -0.472 e. The van der Waals surface area contributed by atoms with Gasteiger partial charge in [-0.1, -0.05) is 19.3 Å². The number of hydrogen-bond donors (Lipinski definition) is 1. The van der Waals surface area contributed by atoms with Crippen molar-refractivity contribution in [2.75, 3.05) is 13.2 Å². The molecule has 1 fully saturated rings. The Morgan fingerprint density at radius 3 is 2.94 bits per heavy atom. The summed E-state index contributed by atoms with van der Waals surface area (Å²) in [5.41, 5.74) is 1.19. The summed E-state index contributed by atoms with van der Waals surface area (Å²) in [6.07, 6.45) is 10.6. The highest BCUT2D eigenvalue weighted by Gasteiger charge is 2.12. The van der Waals surface area contributed by atoms with E-state index in [1.807, 2.05) is 6.07 Å². The quantitative estimate of drug-likeness (QED) is 0.753. The molecule has 1 heterocycles. The number of rotatable bonds is 6. The summed E-state index contributed by atoms with van der Waals surface area (Å²) in [6.45, 7) is 2.61. The van der Waals surface area contributed by atoms with Crippen molar-refractivity contribution >= 4 is 0 Å². The van der Waals surface area contributed by atoms with Gasteiger partial charge in [-0.3, -0.25) is 0 Å². The van der Waals surface area contributed by atoms with Crippen molar-refractivity contribution in [2.24, 2.45) is 0 Å². The lowest BCUT2D eigenvalue weighted by atomic mass is 9.98. The Labute approximate surface area is 97.2 Å². The number of ether oxygens (including phenoxy) is 1. The van der Waals surface area contributed by atoms with Gasteiger partial charge in [0.25, 0.3) is 0 Å². The summed E-state index contributed by atoms with van der Waals surface area (Å²) in [5.74, 6) is 0. The van der Waals surface area contributed by atoms with E-state index >= 15 is 0 Å². The smallest absolute Gasteiger partial charge is 0.0947 e. The van der Waals surface area contributed by atoms with Crippen LogP contribution in [0.3, 0.4) is 0 Å². The molecule has 90 valence electrons. The highest BCUT2D eigenvalue weighted by Crippen LogP contribution is 2.19. The monoisotopic (exact) mass is 223 g/mol. The number of furan rings is 1. The van der Waals surface area contributed by atoms with Gasteiger partial charge in [0.2, 0.25) is 0 Å². The van der Waals surface area contributed by atoms with Crippen LogP contribution in [0.25, 0.3) is 0 Å². The van der Waals surface area contributed by atoms with Crippen LogP contribution in [0, 0.1) is 0 Å². The van der Waals surface area contributed by atoms with Crippen molar-refractivity contribution < 1.29 is 9.15 Å². The minimum absolute atomic E-state index is 0.518. The summed E-state index contributed by atoms with van der Waals surface area (Å²) in [5, 5.41) is 3.34. The van der Waals surface area contributed by atoms with Crippen molar-refractivity contribution in [1.29, 1.82) is 0 Å². The number of hydrogen-bond acceptors (Lipinski definition) is 3. The first-order valence-electron chi connectivity index (χ1n) is 6.28. The molecule has 1 aliphatic rings. The molecule has 1 aromatic rings. The first kappa shape index (κ1) is 11.7. The van der Waals surface area contributed by atoms with Gasteiger partial charge in [-0.25, -0.2) is 0 Å². The molecule has 0 unspecified atom stereocenters. The van der Waals surface area contributed by atoms with Crippen LogP contribution in [0.15, 0.2) is 23.0 Å². The van der Waals surface area contributed by atoms with E-state index in [9.17, 15) is 0 Å². The van der Waals surface area contributed by atoms with Gasteiger partial charge < -0.3 is 14.5 Å². The maximum absolute atomic E-state index is 5.82. The molecule has 1 aromatic heterocycles. The van der Waals surface area contributed by atoms with Crippen LogP contribution >= 0.6 is 0 Å². The number of nitrogens with one attached hydrogen (secondary N) is 1. The SMILES string of the molecule is c1cc(CNCCOC2CCCCC2)co1. The van der Waals surface area contributed by atoms with E-state index in [2.05, 4.69) is 5.32 Å². The highest BCUT2D eigenvalue weighted by atomic mass is 16.5. The van der Waals surface area contributed by atoms with Crippen LogP contribution < -0.4 is 5.32 Å². The van der Waals surface area contributed by atoms with E-state index in [4.69, 9.17) is 9.15 Å². The second kappa shape index (κ2) is 6.71. The molecule has 0 radical (unpaired) electrons. The molecule has 1 aliphatic carbocycles. The van der Waals surface area contributed by atoms with E-state index in [-0.39, 0.29) is 0 Å². The van der Waals surface area contributed by atoms with Gasteiger partial charge in [-0.2, -0.15) is 0 Å². The Bertz CT molecular complexity index is 265. The zero-order chi connectivity index (χ0) is 11.1. The van der Waals surface area contributed by atoms with E-state index in [1.54, 1.807) is 12.5 Å². The fourth-order valence-electron chi connectivity index (χ4n) is 2.16. The molecular formula is C13H21NO2. The van der Waals surface area contributed by atoms with Crippen LogP contribution in [0.4, 0.5) is 0 Å². The van der Waals surface area contributed by atoms with Gasteiger partial charge in [0.1, 0.15) is 0 Å². The maximum atomic E-state index is 5.82. The van der Waals surface area contributed by atoms with Crippen molar-refractivity contribution in [3.63, 3.8) is 0 Å². The van der Waals surface area contributed by atoms with Gasteiger partial charge in [0.05, 0.1) is 25.2 Å². The summed E-state index contributed by atoms with van der Waals surface area (Å²) >= 11 is 0. The van der Waals surface area contributed by atoms with Crippen LogP contribution in [-0.4, -0.2) is 19.3 Å². The Balaban J connectivity index is 1.48. The van der Waals surface area contributed by atoms with Gasteiger partial charge in [0, 0.05) is 18.7 Å². The van der Waals surface area contributed by atoms with E-state index in [0.29, 0.717) is 6.10 Å². The molecule has 16 heavy (non-hydrogen) atoms. The highest BCUT2D eigenvalue weighted by molar-refractivity contribution is 5.04. The normalized spacial score (nSPS) is 17.8. The standard InChI is InChI=1S/C13H21NO2/c1-2-4-13(5-3-1)16-9-7-14-10-12-6-8-15-11-12/h6,8,11,13-14H,1-5,7,9-10H2. The topological polar surface area (TPSA) is 34.4 Å². The van der Waals surface area contributed by atoms with Crippen LogP contribution in [0.1, 0.15) is 37.7 Å². The van der Waals surface area contributed by atoms with E-state index < -0.39 is 0 Å². The molecule has 0 atom stereocenters. The first-order chi connectivity index (χ1) is 7.95. The van der Waals surface area contributed by atoms with E-state index in [1.165, 1.54) is 37.7 Å². The van der Waals surface area contributed by atoms with Crippen molar-refractivity contribution in [3.05, 3.63) is 24.2 Å². The largest absolute Gasteiger partial charge is 0.472 e. The van der Waals surface area contributed by atoms with Gasteiger partial charge in [0.15, 0.2) is 0 Å². The second-order valence-electron chi connectivity index (χ2n) is 4.44. The molecule has 0 aliphatic heterocycles. The average molecular weight is 223 g/mol. The van der Waals surface area contributed by atoms with E-state index in [0.717, 1.165) is 19.7 Å². The molecule has 0 spiro atoms. The maximum Gasteiger partial charge on any atom is 0.0947 e. The average Bonchev–Trinajstić information content (AvgIpc) is 2.83. The Hall–Kier alpha value is -0.800. The lowest BCUT2D eigenvalue weighted by Gasteiger charge is -2.21. The molecular weight excluding hydrogens is 202 g/mol. The molecule has 1 saturated carbocycles. The third-order valence-electron chi connectivity index (χ3n) is 3.09.